The van der Waals surface area contributed by atoms with Crippen molar-refractivity contribution in [2.75, 3.05) is 11.9 Å². The van der Waals surface area contributed by atoms with Gasteiger partial charge in [-0.25, -0.2) is 4.79 Å². The standard InChI is InChI=1S/C22H23NO5S/c1-21(2,17-5-3-4-13-8-9-27-18(13)17)12-22(26,29)20(25)23-15-6-7-16-14(10-15)11-28-19(16)24/h3-7,10,26,29H,8-9,11-12H2,1-2H3,(H,23,25). The summed E-state index contributed by atoms with van der Waals surface area (Å²) in [6.07, 6.45) is 0.941. The molecule has 0 aromatic heterocycles. The molecule has 0 bridgehead atoms. The summed E-state index contributed by atoms with van der Waals surface area (Å²) in [5, 5.41) is 13.5. The zero-order chi connectivity index (χ0) is 20.8. The number of benzene rings is 2. The molecule has 2 aromatic rings. The van der Waals surface area contributed by atoms with Crippen LogP contribution in [0.4, 0.5) is 5.69 Å². The lowest BCUT2D eigenvalue weighted by Gasteiger charge is -2.33. The Kier molecular flexibility index (Phi) is 4.83. The van der Waals surface area contributed by atoms with Gasteiger partial charge in [-0.1, -0.05) is 32.0 Å². The molecule has 152 valence electrons. The number of aliphatic hydroxyl groups is 1. The number of esters is 1. The number of ether oxygens (including phenoxy) is 2. The zero-order valence-electron chi connectivity index (χ0n) is 16.3. The van der Waals surface area contributed by atoms with Gasteiger partial charge in [0.05, 0.1) is 12.2 Å². The number of thiol groups is 1. The van der Waals surface area contributed by atoms with Crippen LogP contribution in [0.2, 0.25) is 0 Å². The van der Waals surface area contributed by atoms with E-state index in [4.69, 9.17) is 9.47 Å². The fraction of sp³-hybridized carbons (Fsp3) is 0.364. The van der Waals surface area contributed by atoms with Gasteiger partial charge in [0.2, 0.25) is 0 Å². The van der Waals surface area contributed by atoms with Crippen LogP contribution in [-0.2, 0) is 28.0 Å². The average molecular weight is 413 g/mol. The number of hydrogen-bond acceptors (Lipinski definition) is 6. The first-order chi connectivity index (χ1) is 13.7. The van der Waals surface area contributed by atoms with Crippen LogP contribution < -0.4 is 10.1 Å². The molecule has 7 heteroatoms. The van der Waals surface area contributed by atoms with Crippen molar-refractivity contribution in [3.63, 3.8) is 0 Å². The molecule has 1 unspecified atom stereocenters. The summed E-state index contributed by atoms with van der Waals surface area (Å²) in [7, 11) is 0. The molecular formula is C22H23NO5S. The van der Waals surface area contributed by atoms with Gasteiger partial charge in [-0.05, 0) is 29.2 Å². The summed E-state index contributed by atoms with van der Waals surface area (Å²) < 4.78 is 10.8. The number of cyclic esters (lactones) is 1. The number of carbonyl (C=O) groups is 2. The first kappa shape index (κ1) is 19.8. The number of hydrogen-bond donors (Lipinski definition) is 3. The summed E-state index contributed by atoms with van der Waals surface area (Å²) in [6, 6.07) is 10.8. The summed E-state index contributed by atoms with van der Waals surface area (Å²) in [5.41, 5.74) is 3.19. The van der Waals surface area contributed by atoms with Crippen LogP contribution in [0, 0.1) is 0 Å². The van der Waals surface area contributed by atoms with E-state index in [1.165, 1.54) is 0 Å². The van der Waals surface area contributed by atoms with Crippen molar-refractivity contribution < 1.29 is 24.2 Å². The van der Waals surface area contributed by atoms with E-state index in [-0.39, 0.29) is 19.0 Å². The summed E-state index contributed by atoms with van der Waals surface area (Å²) in [4.78, 5) is 22.4. The monoisotopic (exact) mass is 413 g/mol. The largest absolute Gasteiger partial charge is 0.493 e. The summed E-state index contributed by atoms with van der Waals surface area (Å²) >= 11 is 4.28. The predicted octanol–water partition coefficient (Wildman–Crippen LogP) is 3.22. The van der Waals surface area contributed by atoms with Crippen molar-refractivity contribution >= 4 is 30.2 Å². The second kappa shape index (κ2) is 7.07. The van der Waals surface area contributed by atoms with E-state index in [1.54, 1.807) is 18.2 Å². The van der Waals surface area contributed by atoms with Crippen molar-refractivity contribution in [2.45, 2.75) is 43.6 Å². The highest BCUT2D eigenvalue weighted by atomic mass is 32.1. The smallest absolute Gasteiger partial charge is 0.338 e. The van der Waals surface area contributed by atoms with E-state index in [0.29, 0.717) is 23.4 Å². The van der Waals surface area contributed by atoms with Gasteiger partial charge in [0.25, 0.3) is 5.91 Å². The molecule has 4 rings (SSSR count). The van der Waals surface area contributed by atoms with E-state index in [9.17, 15) is 14.7 Å². The Balaban J connectivity index is 1.51. The fourth-order valence-electron chi connectivity index (χ4n) is 3.98. The lowest BCUT2D eigenvalue weighted by molar-refractivity contribution is -0.127. The molecule has 0 saturated carbocycles. The number of amides is 1. The molecule has 1 amide bonds. The van der Waals surface area contributed by atoms with Gasteiger partial charge in [-0.15, -0.1) is 12.6 Å². The van der Waals surface area contributed by atoms with Gasteiger partial charge in [0.15, 0.2) is 4.93 Å². The molecule has 6 nitrogen and oxygen atoms in total. The molecule has 2 heterocycles. The van der Waals surface area contributed by atoms with Crippen molar-refractivity contribution in [1.82, 2.24) is 0 Å². The molecule has 0 spiro atoms. The lowest BCUT2D eigenvalue weighted by atomic mass is 9.78. The Morgan fingerprint density at radius 1 is 1.21 bits per heavy atom. The normalized spacial score (nSPS) is 17.0. The molecule has 0 aliphatic carbocycles. The van der Waals surface area contributed by atoms with Crippen LogP contribution in [-0.4, -0.2) is 28.5 Å². The molecule has 2 aliphatic rings. The summed E-state index contributed by atoms with van der Waals surface area (Å²) in [6.45, 7) is 4.72. The van der Waals surface area contributed by atoms with E-state index >= 15 is 0 Å². The second-order valence-corrected chi connectivity index (χ2v) is 8.91. The van der Waals surface area contributed by atoms with E-state index in [1.807, 2.05) is 32.0 Å². The summed E-state index contributed by atoms with van der Waals surface area (Å²) in [5.74, 6) is -0.166. The Bertz CT molecular complexity index is 999. The first-order valence-corrected chi connectivity index (χ1v) is 9.93. The van der Waals surface area contributed by atoms with Gasteiger partial charge >= 0.3 is 5.97 Å². The highest BCUT2D eigenvalue weighted by Crippen LogP contribution is 2.42. The minimum atomic E-state index is -1.91. The molecule has 0 radical (unpaired) electrons. The third-order valence-corrected chi connectivity index (χ3v) is 5.80. The number of carbonyl (C=O) groups excluding carboxylic acids is 2. The fourth-order valence-corrected chi connectivity index (χ4v) is 4.43. The Morgan fingerprint density at radius 3 is 2.79 bits per heavy atom. The van der Waals surface area contributed by atoms with Crippen LogP contribution in [0.1, 0.15) is 47.3 Å². The zero-order valence-corrected chi connectivity index (χ0v) is 17.2. The van der Waals surface area contributed by atoms with Crippen LogP contribution in [0.5, 0.6) is 5.75 Å². The predicted molar refractivity (Wildman–Crippen MR) is 111 cm³/mol. The van der Waals surface area contributed by atoms with Crippen LogP contribution in [0.15, 0.2) is 36.4 Å². The maximum atomic E-state index is 12.8. The van der Waals surface area contributed by atoms with Crippen LogP contribution in [0.25, 0.3) is 0 Å². The van der Waals surface area contributed by atoms with Crippen molar-refractivity contribution in [2.24, 2.45) is 0 Å². The van der Waals surface area contributed by atoms with E-state index < -0.39 is 16.3 Å². The van der Waals surface area contributed by atoms with Crippen molar-refractivity contribution in [1.29, 1.82) is 0 Å². The number of fused-ring (bicyclic) bond motifs is 2. The van der Waals surface area contributed by atoms with Gasteiger partial charge in [-0.3, -0.25) is 4.79 Å². The number of rotatable bonds is 5. The SMILES string of the molecule is CC(C)(CC(O)(S)C(=O)Nc1ccc2c(c1)COC2=O)c1cccc2c1OCC2. The molecule has 29 heavy (non-hydrogen) atoms. The Labute approximate surface area is 174 Å². The lowest BCUT2D eigenvalue weighted by Crippen LogP contribution is -2.42. The topological polar surface area (TPSA) is 84.9 Å². The van der Waals surface area contributed by atoms with Gasteiger partial charge in [-0.2, -0.15) is 0 Å². The number of anilines is 1. The molecular weight excluding hydrogens is 390 g/mol. The highest BCUT2D eigenvalue weighted by molar-refractivity contribution is 7.82. The third kappa shape index (κ3) is 3.72. The molecule has 0 saturated heterocycles. The van der Waals surface area contributed by atoms with Gasteiger partial charge < -0.3 is 19.9 Å². The minimum absolute atomic E-state index is 0.0846. The maximum absolute atomic E-state index is 12.8. The number of para-hydroxylation sites is 1. The molecule has 0 fully saturated rings. The Morgan fingerprint density at radius 2 is 2.00 bits per heavy atom. The average Bonchev–Trinajstić information content (AvgIpc) is 3.27. The van der Waals surface area contributed by atoms with E-state index in [0.717, 1.165) is 23.3 Å². The third-order valence-electron chi connectivity index (χ3n) is 5.44. The molecule has 2 aromatic carbocycles. The first-order valence-electron chi connectivity index (χ1n) is 9.49. The highest BCUT2D eigenvalue weighted by Gasteiger charge is 2.40. The molecule has 1 atom stereocenters. The van der Waals surface area contributed by atoms with E-state index in [2.05, 4.69) is 17.9 Å². The maximum Gasteiger partial charge on any atom is 0.338 e. The quantitative estimate of drug-likeness (QED) is 0.398. The second-order valence-electron chi connectivity index (χ2n) is 8.17. The minimum Gasteiger partial charge on any atom is -0.493 e. The molecule has 2 aliphatic heterocycles. The van der Waals surface area contributed by atoms with Crippen molar-refractivity contribution in [3.05, 3.63) is 58.7 Å². The van der Waals surface area contributed by atoms with Crippen molar-refractivity contribution in [3.8, 4) is 5.75 Å². The van der Waals surface area contributed by atoms with Crippen LogP contribution in [0.3, 0.4) is 0 Å². The Hall–Kier alpha value is -2.51. The molecule has 2 N–H and O–H groups in total. The van der Waals surface area contributed by atoms with Crippen LogP contribution >= 0.6 is 12.6 Å². The number of nitrogens with one attached hydrogen (secondary N) is 1. The van der Waals surface area contributed by atoms with Gasteiger partial charge in [0.1, 0.15) is 12.4 Å². The van der Waals surface area contributed by atoms with Gasteiger partial charge in [0, 0.05) is 29.7 Å².